The lowest BCUT2D eigenvalue weighted by Gasteiger charge is -2.49. The summed E-state index contributed by atoms with van der Waals surface area (Å²) in [5, 5.41) is 20.1. The van der Waals surface area contributed by atoms with E-state index in [-0.39, 0.29) is 40.6 Å². The second-order valence-electron chi connectivity index (χ2n) is 12.4. The molecule has 11 heteroatoms. The monoisotopic (exact) mass is 640 g/mol. The largest absolute Gasteiger partial charge is 0.503 e. The molecular weight excluding hydrogens is 612 g/mol. The van der Waals surface area contributed by atoms with E-state index in [1.54, 1.807) is 49.4 Å². The summed E-state index contributed by atoms with van der Waals surface area (Å²) in [7, 11) is 1.38. The Morgan fingerprint density at radius 1 is 0.913 bits per heavy atom. The zero-order valence-corrected chi connectivity index (χ0v) is 25.6. The van der Waals surface area contributed by atoms with Gasteiger partial charge in [0, 0.05) is 5.92 Å². The maximum atomic E-state index is 14.5. The smallest absolute Gasteiger partial charge is 0.335 e. The Morgan fingerprint density at radius 3 is 2.33 bits per heavy atom. The van der Waals surface area contributed by atoms with Gasteiger partial charge in [0.25, 0.3) is 0 Å². The molecule has 1 saturated carbocycles. The van der Waals surface area contributed by atoms with Crippen molar-refractivity contribution in [2.24, 2.45) is 29.1 Å². The average molecular weight is 641 g/mol. The van der Waals surface area contributed by atoms with Gasteiger partial charge in [0.2, 0.25) is 23.6 Å². The quantitative estimate of drug-likeness (QED) is 0.287. The molecule has 6 atom stereocenters. The summed E-state index contributed by atoms with van der Waals surface area (Å²) in [6.45, 7) is 1.76. The number of carbonyl (C=O) groups excluding carboxylic acids is 4. The van der Waals surface area contributed by atoms with Crippen LogP contribution in [0, 0.1) is 29.1 Å². The maximum Gasteiger partial charge on any atom is 0.335 e. The van der Waals surface area contributed by atoms with Crippen LogP contribution in [0.2, 0.25) is 5.02 Å². The number of carboxylic acid groups (broad SMARTS) is 1. The Morgan fingerprint density at radius 2 is 1.63 bits per heavy atom. The molecule has 46 heavy (non-hydrogen) atoms. The molecule has 234 valence electrons. The van der Waals surface area contributed by atoms with Crippen molar-refractivity contribution in [2.75, 3.05) is 16.9 Å². The van der Waals surface area contributed by atoms with E-state index in [0.717, 1.165) is 10.5 Å². The Labute approximate surface area is 268 Å². The number of carboxylic acids is 1. The van der Waals surface area contributed by atoms with Gasteiger partial charge in [-0.3, -0.25) is 24.1 Å². The molecule has 7 rings (SSSR count). The fraction of sp³-hybridized carbons (Fsp3) is 0.286. The fourth-order valence-electron chi connectivity index (χ4n) is 8.17. The Bertz CT molecular complexity index is 1890. The third-order valence-corrected chi connectivity index (χ3v) is 10.5. The first kappa shape index (κ1) is 29.7. The molecule has 2 heterocycles. The lowest BCUT2D eigenvalue weighted by atomic mass is 9.51. The number of nitrogens with zero attached hydrogens (tertiary/aromatic N) is 2. The number of hydrogen-bond donors (Lipinski definition) is 2. The van der Waals surface area contributed by atoms with Crippen molar-refractivity contribution in [3.63, 3.8) is 0 Å². The van der Waals surface area contributed by atoms with Gasteiger partial charge >= 0.3 is 5.97 Å². The van der Waals surface area contributed by atoms with Gasteiger partial charge in [-0.1, -0.05) is 47.5 Å². The first-order chi connectivity index (χ1) is 22.0. The van der Waals surface area contributed by atoms with E-state index in [0.29, 0.717) is 11.3 Å². The number of phenols is 1. The number of phenolic OH excluding ortho intramolecular Hbond substituents is 1. The average Bonchev–Trinajstić information content (AvgIpc) is 3.42. The number of carbonyl (C=O) groups is 5. The van der Waals surface area contributed by atoms with Crippen LogP contribution in [0.4, 0.5) is 11.4 Å². The lowest BCUT2D eigenvalue weighted by molar-refractivity contribution is -0.131. The van der Waals surface area contributed by atoms with E-state index in [1.165, 1.54) is 36.3 Å². The third kappa shape index (κ3) is 4.05. The zero-order chi connectivity index (χ0) is 32.7. The molecule has 10 nitrogen and oxygen atoms in total. The number of halogens is 1. The van der Waals surface area contributed by atoms with E-state index in [1.807, 2.05) is 6.08 Å². The summed E-state index contributed by atoms with van der Waals surface area (Å²) in [6.07, 6.45) is 2.26. The number of allylic oxidation sites excluding steroid dienone is 2. The van der Waals surface area contributed by atoms with Gasteiger partial charge in [0.15, 0.2) is 11.5 Å². The summed E-state index contributed by atoms with van der Waals surface area (Å²) in [4.78, 5) is 70.7. The van der Waals surface area contributed by atoms with Gasteiger partial charge in [-0.25, -0.2) is 9.69 Å². The molecule has 2 N–H and O–H groups in total. The number of amides is 4. The van der Waals surface area contributed by atoms with Crippen LogP contribution < -0.4 is 14.5 Å². The summed E-state index contributed by atoms with van der Waals surface area (Å²) < 4.78 is 5.40. The summed E-state index contributed by atoms with van der Waals surface area (Å²) in [5.74, 6) is -6.83. The van der Waals surface area contributed by atoms with Crippen molar-refractivity contribution in [3.05, 3.63) is 94.5 Å². The minimum Gasteiger partial charge on any atom is -0.503 e. The number of ether oxygens (including phenoxy) is 1. The number of imide groups is 2. The minimum absolute atomic E-state index is 0.000736. The number of para-hydroxylation sites is 1. The molecular formula is C35H29ClN2O8. The van der Waals surface area contributed by atoms with Crippen LogP contribution in [0.3, 0.4) is 0 Å². The Balaban J connectivity index is 1.38. The molecule has 0 spiro atoms. The molecule has 0 radical (unpaired) electrons. The molecule has 2 aliphatic carbocycles. The molecule has 6 unspecified atom stereocenters. The van der Waals surface area contributed by atoms with Crippen molar-refractivity contribution >= 4 is 52.6 Å². The predicted molar refractivity (Wildman–Crippen MR) is 167 cm³/mol. The number of methoxy groups -OCH3 is 1. The Hall–Kier alpha value is -4.96. The molecule has 2 aliphatic heterocycles. The number of hydrogen-bond acceptors (Lipinski definition) is 7. The molecule has 3 aromatic rings. The fourth-order valence-corrected chi connectivity index (χ4v) is 8.39. The third-order valence-electron chi connectivity index (χ3n) is 10.2. The molecule has 3 aromatic carbocycles. The zero-order valence-electron chi connectivity index (χ0n) is 24.8. The second-order valence-corrected chi connectivity index (χ2v) is 12.8. The minimum atomic E-state index is -1.30. The summed E-state index contributed by atoms with van der Waals surface area (Å²) in [6, 6.07) is 17.5. The Kier molecular flexibility index (Phi) is 6.82. The first-order valence-electron chi connectivity index (χ1n) is 14.9. The molecule has 2 saturated heterocycles. The highest BCUT2D eigenvalue weighted by atomic mass is 35.5. The number of rotatable bonds is 5. The van der Waals surface area contributed by atoms with E-state index in [2.05, 4.69) is 0 Å². The van der Waals surface area contributed by atoms with Crippen LogP contribution in [0.1, 0.15) is 41.6 Å². The van der Waals surface area contributed by atoms with Crippen molar-refractivity contribution < 1.29 is 38.9 Å². The van der Waals surface area contributed by atoms with Crippen molar-refractivity contribution in [1.29, 1.82) is 0 Å². The molecule has 4 aliphatic rings. The van der Waals surface area contributed by atoms with Crippen LogP contribution >= 0.6 is 11.6 Å². The van der Waals surface area contributed by atoms with Gasteiger partial charge in [-0.05, 0) is 73.7 Å². The highest BCUT2D eigenvalue weighted by Crippen LogP contribution is 2.64. The van der Waals surface area contributed by atoms with Crippen molar-refractivity contribution in [3.8, 4) is 11.5 Å². The predicted octanol–water partition coefficient (Wildman–Crippen LogP) is 5.19. The molecule has 3 fully saturated rings. The SMILES string of the molecule is COc1cc(C2C3=CCC4C(=O)N(c5cccc(C(=O)O)c5)C(=O)C4C3CC3C(=O)N(c4ccccc4)C(=O)C32C)cc(Cl)c1O. The first-order valence-corrected chi connectivity index (χ1v) is 15.3. The van der Waals surface area contributed by atoms with Gasteiger partial charge in [0.1, 0.15) is 0 Å². The maximum absolute atomic E-state index is 14.5. The van der Waals surface area contributed by atoms with Crippen LogP contribution in [0.5, 0.6) is 11.5 Å². The van der Waals surface area contributed by atoms with Crippen LogP contribution in [0.15, 0.2) is 78.4 Å². The topological polar surface area (TPSA) is 142 Å². The van der Waals surface area contributed by atoms with Crippen molar-refractivity contribution in [1.82, 2.24) is 0 Å². The number of aromatic carboxylic acids is 1. The van der Waals surface area contributed by atoms with Crippen molar-refractivity contribution in [2.45, 2.75) is 25.7 Å². The number of aromatic hydroxyl groups is 1. The van der Waals surface area contributed by atoms with Gasteiger partial charge < -0.3 is 14.9 Å². The highest BCUT2D eigenvalue weighted by molar-refractivity contribution is 6.32. The van der Waals surface area contributed by atoms with Crippen LogP contribution in [-0.2, 0) is 19.2 Å². The standard InChI is InChI=1S/C35H29ClN2O8/c1-35-24(31(41)38(34(35)45)19-8-4-3-5-9-19)16-23-21(28(35)18-14-25(36)29(39)26(15-18)46-2)11-12-22-27(23)32(42)37(30(22)40)20-10-6-7-17(13-20)33(43)44/h3-11,13-15,22-24,27-28,39H,12,16H2,1-2H3,(H,43,44). The van der Waals surface area contributed by atoms with E-state index >= 15 is 0 Å². The van der Waals surface area contributed by atoms with E-state index in [4.69, 9.17) is 16.3 Å². The van der Waals surface area contributed by atoms with Crippen LogP contribution in [0.25, 0.3) is 0 Å². The summed E-state index contributed by atoms with van der Waals surface area (Å²) in [5.41, 5.74) is 0.506. The summed E-state index contributed by atoms with van der Waals surface area (Å²) >= 11 is 6.46. The number of benzene rings is 3. The van der Waals surface area contributed by atoms with Gasteiger partial charge in [0.05, 0.1) is 52.2 Å². The van der Waals surface area contributed by atoms with Gasteiger partial charge in [-0.2, -0.15) is 0 Å². The van der Waals surface area contributed by atoms with Gasteiger partial charge in [-0.15, -0.1) is 0 Å². The number of fused-ring (bicyclic) bond motifs is 4. The highest BCUT2D eigenvalue weighted by Gasteiger charge is 2.67. The molecule has 4 amide bonds. The molecule has 0 aromatic heterocycles. The normalized spacial score (nSPS) is 28.5. The number of anilines is 2. The molecule has 0 bridgehead atoms. The van der Waals surface area contributed by atoms with Crippen LogP contribution in [-0.4, -0.2) is 46.9 Å². The second kappa shape index (κ2) is 10.6. The van der Waals surface area contributed by atoms with E-state index < -0.39 is 64.6 Å². The van der Waals surface area contributed by atoms with E-state index in [9.17, 15) is 34.2 Å². The lowest BCUT2D eigenvalue weighted by Crippen LogP contribution is -2.48.